The molecule has 1 aliphatic carbocycles. The molecule has 0 aromatic heterocycles. The van der Waals surface area contributed by atoms with E-state index < -0.39 is 0 Å². The molecule has 2 aliphatic heterocycles. The van der Waals surface area contributed by atoms with E-state index in [4.69, 9.17) is 0 Å². The van der Waals surface area contributed by atoms with E-state index in [0.29, 0.717) is 5.54 Å². The summed E-state index contributed by atoms with van der Waals surface area (Å²) in [6.07, 6.45) is 13.1. The van der Waals surface area contributed by atoms with E-state index in [-0.39, 0.29) is 0 Å². The third kappa shape index (κ3) is 1.91. The minimum absolute atomic E-state index is 0.555. The summed E-state index contributed by atoms with van der Waals surface area (Å²) in [6, 6.07) is 0.862. The topological polar surface area (TPSA) is 15.3 Å². The molecular formula is C14H26N2. The van der Waals surface area contributed by atoms with E-state index in [1.165, 1.54) is 77.4 Å². The standard InChI is InChI=1S/C14H26N2/c1-2-5-9-14(8-4-1)12-15-11-13-7-3-6-10-16(13)14/h13,15H,1-12H2. The maximum atomic E-state index is 3.73. The molecule has 0 radical (unpaired) electrons. The van der Waals surface area contributed by atoms with Crippen LogP contribution in [0.25, 0.3) is 0 Å². The van der Waals surface area contributed by atoms with Gasteiger partial charge in [0, 0.05) is 24.7 Å². The lowest BCUT2D eigenvalue weighted by atomic mass is 9.82. The van der Waals surface area contributed by atoms with Gasteiger partial charge < -0.3 is 5.32 Å². The summed E-state index contributed by atoms with van der Waals surface area (Å²) in [5.41, 5.74) is 0.555. The number of nitrogens with zero attached hydrogens (tertiary/aromatic N) is 1. The Kier molecular flexibility index (Phi) is 3.21. The Bertz CT molecular complexity index is 229. The molecule has 1 N–H and O–H groups in total. The van der Waals surface area contributed by atoms with Gasteiger partial charge in [0.25, 0.3) is 0 Å². The maximum absolute atomic E-state index is 3.73. The minimum Gasteiger partial charge on any atom is -0.313 e. The highest BCUT2D eigenvalue weighted by Crippen LogP contribution is 2.38. The van der Waals surface area contributed by atoms with Crippen LogP contribution < -0.4 is 5.32 Å². The van der Waals surface area contributed by atoms with Gasteiger partial charge in [-0.2, -0.15) is 0 Å². The van der Waals surface area contributed by atoms with Gasteiger partial charge >= 0.3 is 0 Å². The van der Waals surface area contributed by atoms with E-state index in [2.05, 4.69) is 10.2 Å². The first-order valence-electron chi connectivity index (χ1n) is 7.38. The fourth-order valence-electron chi connectivity index (χ4n) is 4.26. The quantitative estimate of drug-likeness (QED) is 0.677. The van der Waals surface area contributed by atoms with Crippen molar-refractivity contribution >= 4 is 0 Å². The zero-order valence-electron chi connectivity index (χ0n) is 10.5. The van der Waals surface area contributed by atoms with Crippen molar-refractivity contribution in [1.82, 2.24) is 10.2 Å². The van der Waals surface area contributed by atoms with E-state index in [1.807, 2.05) is 0 Å². The highest BCUT2D eigenvalue weighted by Gasteiger charge is 2.43. The summed E-state index contributed by atoms with van der Waals surface area (Å²) in [4.78, 5) is 2.92. The minimum atomic E-state index is 0.555. The molecule has 92 valence electrons. The van der Waals surface area contributed by atoms with Crippen LogP contribution in [-0.2, 0) is 0 Å². The molecule has 16 heavy (non-hydrogen) atoms. The van der Waals surface area contributed by atoms with Crippen molar-refractivity contribution in [3.63, 3.8) is 0 Å². The van der Waals surface area contributed by atoms with Crippen LogP contribution >= 0.6 is 0 Å². The molecule has 2 nitrogen and oxygen atoms in total. The predicted octanol–water partition coefficient (Wildman–Crippen LogP) is 2.54. The fourth-order valence-corrected chi connectivity index (χ4v) is 4.26. The first-order valence-corrected chi connectivity index (χ1v) is 7.38. The normalized spacial score (nSPS) is 35.6. The molecule has 1 spiro atoms. The van der Waals surface area contributed by atoms with Gasteiger partial charge in [0.1, 0.15) is 0 Å². The summed E-state index contributed by atoms with van der Waals surface area (Å²) in [5.74, 6) is 0. The van der Waals surface area contributed by atoms with E-state index in [0.717, 1.165) is 6.04 Å². The van der Waals surface area contributed by atoms with Crippen molar-refractivity contribution in [2.75, 3.05) is 19.6 Å². The molecule has 2 heterocycles. The van der Waals surface area contributed by atoms with Gasteiger partial charge in [-0.25, -0.2) is 0 Å². The highest BCUT2D eigenvalue weighted by molar-refractivity contribution is 5.01. The molecule has 2 saturated heterocycles. The number of piperazine rings is 1. The largest absolute Gasteiger partial charge is 0.313 e. The van der Waals surface area contributed by atoms with Crippen molar-refractivity contribution in [3.8, 4) is 0 Å². The fraction of sp³-hybridized carbons (Fsp3) is 1.00. The van der Waals surface area contributed by atoms with Crippen LogP contribution in [0.5, 0.6) is 0 Å². The zero-order valence-corrected chi connectivity index (χ0v) is 10.5. The number of hydrogen-bond acceptors (Lipinski definition) is 2. The number of piperidine rings is 1. The average molecular weight is 222 g/mol. The van der Waals surface area contributed by atoms with E-state index in [1.54, 1.807) is 0 Å². The summed E-state index contributed by atoms with van der Waals surface area (Å²) >= 11 is 0. The van der Waals surface area contributed by atoms with Gasteiger partial charge in [-0.3, -0.25) is 4.90 Å². The Morgan fingerprint density at radius 1 is 0.938 bits per heavy atom. The van der Waals surface area contributed by atoms with Gasteiger partial charge in [-0.1, -0.05) is 32.1 Å². The molecule has 3 fully saturated rings. The summed E-state index contributed by atoms with van der Waals surface area (Å²) in [6.45, 7) is 3.90. The van der Waals surface area contributed by atoms with E-state index in [9.17, 15) is 0 Å². The molecule has 1 atom stereocenters. The van der Waals surface area contributed by atoms with Crippen LogP contribution in [0.1, 0.15) is 57.8 Å². The van der Waals surface area contributed by atoms with Gasteiger partial charge in [-0.15, -0.1) is 0 Å². The van der Waals surface area contributed by atoms with Crippen LogP contribution in [0.4, 0.5) is 0 Å². The molecule has 1 saturated carbocycles. The maximum Gasteiger partial charge on any atom is 0.0337 e. The van der Waals surface area contributed by atoms with Crippen molar-refractivity contribution in [3.05, 3.63) is 0 Å². The van der Waals surface area contributed by atoms with Crippen molar-refractivity contribution < 1.29 is 0 Å². The van der Waals surface area contributed by atoms with Crippen LogP contribution in [0.3, 0.4) is 0 Å². The second-order valence-electron chi connectivity index (χ2n) is 6.11. The third-order valence-electron chi connectivity index (χ3n) is 5.10. The lowest BCUT2D eigenvalue weighted by Crippen LogP contribution is -2.66. The molecule has 0 aromatic rings. The molecule has 3 aliphatic rings. The van der Waals surface area contributed by atoms with Crippen LogP contribution in [0, 0.1) is 0 Å². The number of rotatable bonds is 0. The zero-order chi connectivity index (χ0) is 10.8. The summed E-state index contributed by atoms with van der Waals surface area (Å²) < 4.78 is 0. The smallest absolute Gasteiger partial charge is 0.0337 e. The molecular weight excluding hydrogens is 196 g/mol. The average Bonchev–Trinajstić information content (AvgIpc) is 2.57. The predicted molar refractivity (Wildman–Crippen MR) is 67.6 cm³/mol. The molecule has 0 aromatic carbocycles. The lowest BCUT2D eigenvalue weighted by molar-refractivity contribution is -0.0193. The lowest BCUT2D eigenvalue weighted by Gasteiger charge is -2.54. The second kappa shape index (κ2) is 4.66. The Labute approximate surface area is 99.8 Å². The van der Waals surface area contributed by atoms with Gasteiger partial charge in [0.2, 0.25) is 0 Å². The van der Waals surface area contributed by atoms with Crippen LogP contribution in [-0.4, -0.2) is 36.1 Å². The Morgan fingerprint density at radius 3 is 2.56 bits per heavy atom. The van der Waals surface area contributed by atoms with Gasteiger partial charge in [0.05, 0.1) is 0 Å². The second-order valence-corrected chi connectivity index (χ2v) is 6.11. The highest BCUT2D eigenvalue weighted by atomic mass is 15.3. The number of fused-ring (bicyclic) bond motifs is 2. The number of nitrogens with one attached hydrogen (secondary N) is 1. The van der Waals surface area contributed by atoms with Gasteiger partial charge in [0.15, 0.2) is 0 Å². The Hall–Kier alpha value is -0.0800. The molecule has 1 unspecified atom stereocenters. The first-order chi connectivity index (χ1) is 7.91. The molecule has 0 bridgehead atoms. The van der Waals surface area contributed by atoms with Crippen molar-refractivity contribution in [1.29, 1.82) is 0 Å². The summed E-state index contributed by atoms with van der Waals surface area (Å²) in [5, 5.41) is 3.73. The van der Waals surface area contributed by atoms with E-state index >= 15 is 0 Å². The van der Waals surface area contributed by atoms with Crippen molar-refractivity contribution in [2.45, 2.75) is 69.4 Å². The van der Waals surface area contributed by atoms with Gasteiger partial charge in [-0.05, 0) is 32.2 Å². The third-order valence-corrected chi connectivity index (χ3v) is 5.10. The molecule has 2 heteroatoms. The first kappa shape index (κ1) is 11.0. The Balaban J connectivity index is 1.79. The molecule has 3 rings (SSSR count). The number of hydrogen-bond donors (Lipinski definition) is 1. The SMILES string of the molecule is C1CCCC2(CC1)CNCC1CCCCN12. The Morgan fingerprint density at radius 2 is 1.75 bits per heavy atom. The summed E-state index contributed by atoms with van der Waals surface area (Å²) in [7, 11) is 0. The van der Waals surface area contributed by atoms with Crippen molar-refractivity contribution in [2.24, 2.45) is 0 Å². The monoisotopic (exact) mass is 222 g/mol. The molecule has 0 amide bonds. The van der Waals surface area contributed by atoms with Crippen LogP contribution in [0.2, 0.25) is 0 Å². The van der Waals surface area contributed by atoms with Crippen LogP contribution in [0.15, 0.2) is 0 Å².